The summed E-state index contributed by atoms with van der Waals surface area (Å²) in [7, 11) is 0. The van der Waals surface area contributed by atoms with Gasteiger partial charge in [-0.1, -0.05) is 0 Å². The number of aliphatic carboxylic acids is 1. The number of carboxylic acids is 1. The lowest BCUT2D eigenvalue weighted by molar-refractivity contribution is -0.146. The fourth-order valence-corrected chi connectivity index (χ4v) is 2.13. The third kappa shape index (κ3) is 1.99. The number of carbonyl (C=O) groups is 2. The Kier molecular flexibility index (Phi) is 2.78. The first kappa shape index (κ1) is 11.2. The fourth-order valence-electron chi connectivity index (χ4n) is 2.13. The van der Waals surface area contributed by atoms with Gasteiger partial charge in [0.15, 0.2) is 0 Å². The van der Waals surface area contributed by atoms with Crippen LogP contribution in [0.2, 0.25) is 0 Å². The van der Waals surface area contributed by atoms with E-state index in [1.54, 1.807) is 11.8 Å². The van der Waals surface area contributed by atoms with Crippen LogP contribution in [0.4, 0.5) is 4.79 Å². The molecule has 2 rings (SSSR count). The molecule has 2 amide bonds. The number of hydrogen-bond donors (Lipinski definition) is 2. The topological polar surface area (TPSA) is 69.6 Å². The maximum absolute atomic E-state index is 11.8. The van der Waals surface area contributed by atoms with Gasteiger partial charge in [0.1, 0.15) is 0 Å². The summed E-state index contributed by atoms with van der Waals surface area (Å²) in [6, 6.07) is 0.207. The van der Waals surface area contributed by atoms with Gasteiger partial charge in [0.25, 0.3) is 0 Å². The second-order valence-electron chi connectivity index (χ2n) is 5.11. The van der Waals surface area contributed by atoms with Crippen LogP contribution in [-0.2, 0) is 4.79 Å². The largest absolute Gasteiger partial charge is 0.481 e. The van der Waals surface area contributed by atoms with Crippen molar-refractivity contribution in [2.45, 2.75) is 38.6 Å². The monoisotopic (exact) mass is 226 g/mol. The highest BCUT2D eigenvalue weighted by molar-refractivity contribution is 5.79. The molecule has 2 N–H and O–H groups in total. The lowest BCUT2D eigenvalue weighted by Gasteiger charge is -2.29. The number of carboxylic acid groups (broad SMARTS) is 1. The molecule has 0 radical (unpaired) electrons. The minimum absolute atomic E-state index is 0.102. The van der Waals surface area contributed by atoms with E-state index in [1.807, 2.05) is 0 Å². The smallest absolute Gasteiger partial charge is 0.317 e. The molecule has 1 atom stereocenters. The molecule has 0 spiro atoms. The zero-order valence-corrected chi connectivity index (χ0v) is 9.53. The third-order valence-corrected chi connectivity index (χ3v) is 3.71. The first-order chi connectivity index (χ1) is 7.51. The Hall–Kier alpha value is -1.26. The highest BCUT2D eigenvalue weighted by Gasteiger charge is 2.42. The van der Waals surface area contributed by atoms with Crippen molar-refractivity contribution in [3.63, 3.8) is 0 Å². The molecule has 1 unspecified atom stereocenters. The summed E-state index contributed by atoms with van der Waals surface area (Å²) in [4.78, 5) is 24.4. The van der Waals surface area contributed by atoms with Crippen LogP contribution in [0.3, 0.4) is 0 Å². The van der Waals surface area contributed by atoms with Gasteiger partial charge in [0.2, 0.25) is 0 Å². The summed E-state index contributed by atoms with van der Waals surface area (Å²) < 4.78 is 0. The Balaban J connectivity index is 1.87. The summed E-state index contributed by atoms with van der Waals surface area (Å²) in [6.45, 7) is 2.56. The Morgan fingerprint density at radius 1 is 1.44 bits per heavy atom. The second kappa shape index (κ2) is 3.96. The minimum atomic E-state index is -0.813. The predicted octanol–water partition coefficient (Wildman–Crippen LogP) is 1.05. The van der Waals surface area contributed by atoms with Crippen molar-refractivity contribution in [2.24, 2.45) is 5.41 Å². The molecule has 16 heavy (non-hydrogen) atoms. The van der Waals surface area contributed by atoms with Gasteiger partial charge < -0.3 is 15.3 Å². The van der Waals surface area contributed by atoms with Gasteiger partial charge in [-0.25, -0.2) is 4.79 Å². The molecular weight excluding hydrogens is 208 g/mol. The van der Waals surface area contributed by atoms with E-state index in [0.29, 0.717) is 25.6 Å². The normalized spacial score (nSPS) is 29.9. The Labute approximate surface area is 94.8 Å². The van der Waals surface area contributed by atoms with Crippen LogP contribution >= 0.6 is 0 Å². The van der Waals surface area contributed by atoms with E-state index < -0.39 is 11.4 Å². The number of urea groups is 1. The van der Waals surface area contributed by atoms with Crippen molar-refractivity contribution in [3.05, 3.63) is 0 Å². The maximum atomic E-state index is 11.8. The second-order valence-corrected chi connectivity index (χ2v) is 5.11. The van der Waals surface area contributed by atoms with Crippen LogP contribution in [0, 0.1) is 5.41 Å². The van der Waals surface area contributed by atoms with Gasteiger partial charge in [0.05, 0.1) is 5.41 Å². The van der Waals surface area contributed by atoms with Crippen LogP contribution in [0.1, 0.15) is 32.6 Å². The maximum Gasteiger partial charge on any atom is 0.317 e. The molecular formula is C11H18N2O3. The van der Waals surface area contributed by atoms with E-state index in [9.17, 15) is 9.59 Å². The van der Waals surface area contributed by atoms with Crippen molar-refractivity contribution < 1.29 is 14.7 Å². The van der Waals surface area contributed by atoms with Crippen molar-refractivity contribution in [1.82, 2.24) is 10.2 Å². The van der Waals surface area contributed by atoms with E-state index in [0.717, 1.165) is 12.8 Å². The van der Waals surface area contributed by atoms with Crippen molar-refractivity contribution >= 4 is 12.0 Å². The molecule has 90 valence electrons. The summed E-state index contributed by atoms with van der Waals surface area (Å²) in [6.07, 6.45) is 3.82. The average Bonchev–Trinajstić information content (AvgIpc) is 2.56. The Morgan fingerprint density at radius 2 is 2.12 bits per heavy atom. The number of rotatable bonds is 2. The molecule has 1 aliphatic carbocycles. The van der Waals surface area contributed by atoms with Gasteiger partial charge in [-0.05, 0) is 32.6 Å². The summed E-state index contributed by atoms with van der Waals surface area (Å²) in [5.41, 5.74) is -0.767. The van der Waals surface area contributed by atoms with E-state index in [-0.39, 0.29) is 6.03 Å². The number of nitrogens with one attached hydrogen (secondary N) is 1. The predicted molar refractivity (Wildman–Crippen MR) is 58.1 cm³/mol. The van der Waals surface area contributed by atoms with Crippen molar-refractivity contribution in [1.29, 1.82) is 0 Å². The zero-order valence-electron chi connectivity index (χ0n) is 9.53. The number of amides is 2. The lowest BCUT2D eigenvalue weighted by atomic mass is 9.90. The average molecular weight is 226 g/mol. The number of carbonyl (C=O) groups excluding carboxylic acids is 1. The van der Waals surface area contributed by atoms with Crippen LogP contribution in [0.5, 0.6) is 0 Å². The van der Waals surface area contributed by atoms with Gasteiger partial charge >= 0.3 is 12.0 Å². The van der Waals surface area contributed by atoms with Gasteiger partial charge in [-0.3, -0.25) is 4.79 Å². The van der Waals surface area contributed by atoms with E-state index in [4.69, 9.17) is 5.11 Å². The molecule has 0 aromatic heterocycles. The van der Waals surface area contributed by atoms with Crippen LogP contribution in [-0.4, -0.2) is 41.1 Å². The SMILES string of the molecule is CC1(C(=O)O)CCN(C(=O)NC2CCC2)C1. The van der Waals surface area contributed by atoms with E-state index in [2.05, 4.69) is 5.32 Å². The molecule has 1 aliphatic heterocycles. The van der Waals surface area contributed by atoms with Gasteiger partial charge in [-0.2, -0.15) is 0 Å². The van der Waals surface area contributed by atoms with Crippen molar-refractivity contribution in [2.75, 3.05) is 13.1 Å². The molecule has 1 heterocycles. The van der Waals surface area contributed by atoms with Crippen molar-refractivity contribution in [3.8, 4) is 0 Å². The van der Waals surface area contributed by atoms with E-state index >= 15 is 0 Å². The number of nitrogens with zero attached hydrogens (tertiary/aromatic N) is 1. The number of likely N-dealkylation sites (tertiary alicyclic amines) is 1. The Morgan fingerprint density at radius 3 is 2.56 bits per heavy atom. The molecule has 5 nitrogen and oxygen atoms in total. The number of hydrogen-bond acceptors (Lipinski definition) is 2. The first-order valence-corrected chi connectivity index (χ1v) is 5.80. The molecule has 0 aromatic rings. The standard InChI is InChI=1S/C11H18N2O3/c1-11(9(14)15)5-6-13(7-11)10(16)12-8-3-2-4-8/h8H,2-7H2,1H3,(H,12,16)(H,14,15). The van der Waals surface area contributed by atoms with Crippen LogP contribution in [0.25, 0.3) is 0 Å². The minimum Gasteiger partial charge on any atom is -0.481 e. The Bertz CT molecular complexity index is 314. The van der Waals surface area contributed by atoms with Crippen LogP contribution in [0.15, 0.2) is 0 Å². The molecule has 1 saturated heterocycles. The molecule has 5 heteroatoms. The quantitative estimate of drug-likeness (QED) is 0.739. The molecule has 1 saturated carbocycles. The first-order valence-electron chi connectivity index (χ1n) is 5.80. The lowest BCUT2D eigenvalue weighted by Crippen LogP contribution is -2.47. The summed E-state index contributed by atoms with van der Waals surface area (Å²) in [5, 5.41) is 12.0. The van der Waals surface area contributed by atoms with Gasteiger partial charge in [0, 0.05) is 19.1 Å². The summed E-state index contributed by atoms with van der Waals surface area (Å²) in [5.74, 6) is -0.813. The third-order valence-electron chi connectivity index (χ3n) is 3.71. The highest BCUT2D eigenvalue weighted by Crippen LogP contribution is 2.30. The molecule has 0 bridgehead atoms. The highest BCUT2D eigenvalue weighted by atomic mass is 16.4. The van der Waals surface area contributed by atoms with Gasteiger partial charge in [-0.15, -0.1) is 0 Å². The molecule has 2 fully saturated rings. The zero-order chi connectivity index (χ0) is 11.8. The van der Waals surface area contributed by atoms with Crippen LogP contribution < -0.4 is 5.32 Å². The van der Waals surface area contributed by atoms with E-state index in [1.165, 1.54) is 6.42 Å². The summed E-state index contributed by atoms with van der Waals surface area (Å²) >= 11 is 0. The fraction of sp³-hybridized carbons (Fsp3) is 0.818. The molecule has 2 aliphatic rings. The molecule has 0 aromatic carbocycles.